The molecular weight excluding hydrogens is 346 g/mol. The van der Waals surface area contributed by atoms with Gasteiger partial charge in [0.05, 0.1) is 12.6 Å². The molecule has 1 aromatic carbocycles. The second kappa shape index (κ2) is 7.40. The Kier molecular flexibility index (Phi) is 5.18. The van der Waals surface area contributed by atoms with Crippen LogP contribution < -0.4 is 16.1 Å². The Bertz CT molecular complexity index is 1060. The van der Waals surface area contributed by atoms with Crippen LogP contribution in [0.15, 0.2) is 39.9 Å². The Hall–Kier alpha value is -2.87. The van der Waals surface area contributed by atoms with Crippen molar-refractivity contribution in [3.8, 4) is 0 Å². The summed E-state index contributed by atoms with van der Waals surface area (Å²) in [6, 6.07) is 9.29. The molecule has 1 atom stereocenters. The van der Waals surface area contributed by atoms with Crippen LogP contribution in [0.25, 0.3) is 11.2 Å². The average molecular weight is 371 g/mol. The summed E-state index contributed by atoms with van der Waals surface area (Å²) < 4.78 is 4.17. The van der Waals surface area contributed by atoms with Crippen LogP contribution in [-0.4, -0.2) is 36.9 Å². The fourth-order valence-electron chi connectivity index (χ4n) is 3.31. The first-order chi connectivity index (χ1) is 12.9. The monoisotopic (exact) mass is 371 g/mol. The Labute approximate surface area is 156 Å². The summed E-state index contributed by atoms with van der Waals surface area (Å²) in [7, 11) is 3.05. The fourth-order valence-corrected chi connectivity index (χ4v) is 3.31. The lowest BCUT2D eigenvalue weighted by atomic mass is 10.1. The number of aliphatic hydroxyl groups excluding tert-OH is 1. The largest absolute Gasteiger partial charge is 0.387 e. The minimum absolute atomic E-state index is 0.166. The molecule has 3 aromatic rings. The van der Waals surface area contributed by atoms with Gasteiger partial charge in [0.25, 0.3) is 5.56 Å². The number of fused-ring (bicyclic) bond motifs is 1. The molecule has 0 fully saturated rings. The van der Waals surface area contributed by atoms with E-state index in [0.29, 0.717) is 30.2 Å². The Morgan fingerprint density at radius 2 is 1.70 bits per heavy atom. The highest BCUT2D eigenvalue weighted by molar-refractivity contribution is 5.74. The number of aryl methyl sites for hydroxylation is 1. The van der Waals surface area contributed by atoms with Crippen molar-refractivity contribution in [1.29, 1.82) is 0 Å². The van der Waals surface area contributed by atoms with Gasteiger partial charge in [-0.1, -0.05) is 30.3 Å². The standard InChI is InChI=1S/C19H25N5O3/c1-5-23(6-2)18-20-16-15(17(26)22(4)19(27)21(16)3)24(18)12-14(25)13-10-8-7-9-11-13/h7-11,14,25H,5-6,12H2,1-4H3/t14-/m0/s1. The van der Waals surface area contributed by atoms with E-state index >= 15 is 0 Å². The number of imidazole rings is 1. The van der Waals surface area contributed by atoms with E-state index in [4.69, 9.17) is 0 Å². The number of aromatic nitrogens is 4. The first-order valence-electron chi connectivity index (χ1n) is 9.04. The zero-order valence-electron chi connectivity index (χ0n) is 16.1. The van der Waals surface area contributed by atoms with Gasteiger partial charge in [-0.3, -0.25) is 13.9 Å². The van der Waals surface area contributed by atoms with E-state index in [1.165, 1.54) is 11.6 Å². The van der Waals surface area contributed by atoms with Crippen LogP contribution in [0.4, 0.5) is 5.95 Å². The van der Waals surface area contributed by atoms with Crippen molar-refractivity contribution in [2.24, 2.45) is 14.1 Å². The van der Waals surface area contributed by atoms with Gasteiger partial charge < -0.3 is 14.6 Å². The molecule has 2 aromatic heterocycles. The van der Waals surface area contributed by atoms with Gasteiger partial charge in [0, 0.05) is 27.2 Å². The molecule has 0 amide bonds. The van der Waals surface area contributed by atoms with E-state index in [1.807, 2.05) is 49.1 Å². The fraction of sp³-hybridized carbons (Fsp3) is 0.421. The number of hydrogen-bond acceptors (Lipinski definition) is 5. The van der Waals surface area contributed by atoms with E-state index < -0.39 is 17.4 Å². The quantitative estimate of drug-likeness (QED) is 0.699. The molecule has 0 aliphatic rings. The van der Waals surface area contributed by atoms with Crippen molar-refractivity contribution in [2.75, 3.05) is 18.0 Å². The van der Waals surface area contributed by atoms with Gasteiger partial charge >= 0.3 is 5.69 Å². The first kappa shape index (κ1) is 18.9. The van der Waals surface area contributed by atoms with Gasteiger partial charge in [-0.25, -0.2) is 4.79 Å². The van der Waals surface area contributed by atoms with Crippen molar-refractivity contribution in [3.05, 3.63) is 56.7 Å². The highest BCUT2D eigenvalue weighted by atomic mass is 16.3. The molecule has 144 valence electrons. The molecule has 0 radical (unpaired) electrons. The maximum atomic E-state index is 12.8. The van der Waals surface area contributed by atoms with Gasteiger partial charge in [-0.05, 0) is 19.4 Å². The Morgan fingerprint density at radius 1 is 1.07 bits per heavy atom. The van der Waals surface area contributed by atoms with E-state index in [0.717, 1.165) is 10.1 Å². The highest BCUT2D eigenvalue weighted by Crippen LogP contribution is 2.24. The third kappa shape index (κ3) is 3.16. The molecule has 1 N–H and O–H groups in total. The summed E-state index contributed by atoms with van der Waals surface area (Å²) in [5.74, 6) is 0.572. The first-order valence-corrected chi connectivity index (χ1v) is 9.04. The summed E-state index contributed by atoms with van der Waals surface area (Å²) in [4.78, 5) is 31.7. The molecular formula is C19H25N5O3. The topological polar surface area (TPSA) is 85.3 Å². The summed E-state index contributed by atoms with van der Waals surface area (Å²) in [5, 5.41) is 10.7. The van der Waals surface area contributed by atoms with E-state index in [2.05, 4.69) is 4.98 Å². The molecule has 0 bridgehead atoms. The van der Waals surface area contributed by atoms with Crippen LogP contribution in [0.3, 0.4) is 0 Å². The molecule has 8 nitrogen and oxygen atoms in total. The van der Waals surface area contributed by atoms with Gasteiger partial charge in [-0.15, -0.1) is 0 Å². The highest BCUT2D eigenvalue weighted by Gasteiger charge is 2.23. The molecule has 0 unspecified atom stereocenters. The van der Waals surface area contributed by atoms with Crippen LogP contribution in [0.2, 0.25) is 0 Å². The third-order valence-electron chi connectivity index (χ3n) is 4.91. The van der Waals surface area contributed by atoms with E-state index in [-0.39, 0.29) is 6.54 Å². The van der Waals surface area contributed by atoms with Gasteiger partial charge in [0.15, 0.2) is 11.2 Å². The van der Waals surface area contributed by atoms with Gasteiger partial charge in [0.1, 0.15) is 0 Å². The summed E-state index contributed by atoms with van der Waals surface area (Å²) in [6.45, 7) is 5.54. The van der Waals surface area contributed by atoms with Crippen LogP contribution >= 0.6 is 0 Å². The average Bonchev–Trinajstić information content (AvgIpc) is 3.05. The zero-order valence-corrected chi connectivity index (χ0v) is 16.1. The lowest BCUT2D eigenvalue weighted by Gasteiger charge is -2.22. The number of anilines is 1. The molecule has 3 rings (SSSR count). The lowest BCUT2D eigenvalue weighted by Crippen LogP contribution is -2.37. The smallest absolute Gasteiger partial charge is 0.332 e. The van der Waals surface area contributed by atoms with Crippen molar-refractivity contribution < 1.29 is 5.11 Å². The molecule has 0 saturated carbocycles. The molecule has 8 heteroatoms. The number of nitrogens with zero attached hydrogens (tertiary/aromatic N) is 5. The van der Waals surface area contributed by atoms with Crippen LogP contribution in [-0.2, 0) is 20.6 Å². The minimum Gasteiger partial charge on any atom is -0.387 e. The van der Waals surface area contributed by atoms with E-state index in [1.54, 1.807) is 11.6 Å². The van der Waals surface area contributed by atoms with Crippen molar-refractivity contribution >= 4 is 17.1 Å². The Balaban J connectivity index is 2.26. The van der Waals surface area contributed by atoms with E-state index in [9.17, 15) is 14.7 Å². The molecule has 27 heavy (non-hydrogen) atoms. The maximum Gasteiger partial charge on any atom is 0.332 e. The van der Waals surface area contributed by atoms with Crippen molar-refractivity contribution in [1.82, 2.24) is 18.7 Å². The van der Waals surface area contributed by atoms with Crippen LogP contribution in [0.5, 0.6) is 0 Å². The molecule has 0 aliphatic carbocycles. The van der Waals surface area contributed by atoms with Crippen LogP contribution in [0, 0.1) is 0 Å². The van der Waals surface area contributed by atoms with Gasteiger partial charge in [0.2, 0.25) is 5.95 Å². The molecule has 0 saturated heterocycles. The number of hydrogen-bond donors (Lipinski definition) is 1. The second-order valence-corrected chi connectivity index (χ2v) is 6.50. The number of benzene rings is 1. The predicted octanol–water partition coefficient (Wildman–Crippen LogP) is 1.01. The number of aliphatic hydroxyl groups is 1. The van der Waals surface area contributed by atoms with Crippen molar-refractivity contribution in [3.63, 3.8) is 0 Å². The molecule has 2 heterocycles. The maximum absolute atomic E-state index is 12.8. The molecule has 0 aliphatic heterocycles. The zero-order chi connectivity index (χ0) is 19.7. The second-order valence-electron chi connectivity index (χ2n) is 6.50. The normalized spacial score (nSPS) is 12.5. The summed E-state index contributed by atoms with van der Waals surface area (Å²) in [6.07, 6.45) is -0.806. The summed E-state index contributed by atoms with van der Waals surface area (Å²) in [5.41, 5.74) is 0.555. The predicted molar refractivity (Wildman–Crippen MR) is 105 cm³/mol. The lowest BCUT2D eigenvalue weighted by molar-refractivity contribution is 0.158. The summed E-state index contributed by atoms with van der Waals surface area (Å²) >= 11 is 0. The van der Waals surface area contributed by atoms with Crippen molar-refractivity contribution in [2.45, 2.75) is 26.5 Å². The number of rotatable bonds is 6. The Morgan fingerprint density at radius 3 is 2.30 bits per heavy atom. The third-order valence-corrected chi connectivity index (χ3v) is 4.91. The van der Waals surface area contributed by atoms with Crippen LogP contribution in [0.1, 0.15) is 25.5 Å². The minimum atomic E-state index is -0.806. The SMILES string of the molecule is CCN(CC)c1nc2c(c(=O)n(C)c(=O)n2C)n1C[C@H](O)c1ccccc1. The van der Waals surface area contributed by atoms with Gasteiger partial charge in [-0.2, -0.15) is 4.98 Å². The molecule has 0 spiro atoms.